The highest BCUT2D eigenvalue weighted by atomic mass is 16.4. The Balaban J connectivity index is 3.47. The molecular formula is C22H33NO4. The molecule has 150 valence electrons. The van der Waals surface area contributed by atoms with Crippen LogP contribution >= 0.6 is 0 Å². The number of anilines is 1. The predicted octanol–water partition coefficient (Wildman–Crippen LogP) is 5.13. The molecule has 0 aliphatic heterocycles. The number of hydrogen-bond donors (Lipinski definition) is 3. The molecule has 0 saturated heterocycles. The minimum Gasteiger partial charge on any atom is -0.507 e. The summed E-state index contributed by atoms with van der Waals surface area (Å²) in [6.07, 6.45) is 5.52. The zero-order valence-corrected chi connectivity index (χ0v) is 17.3. The Bertz CT molecular complexity index is 678. The minimum atomic E-state index is -1.18. The van der Waals surface area contributed by atoms with E-state index in [-0.39, 0.29) is 16.6 Å². The molecule has 0 bridgehead atoms. The largest absolute Gasteiger partial charge is 0.507 e. The van der Waals surface area contributed by atoms with Crippen LogP contribution in [0.3, 0.4) is 0 Å². The second-order valence-corrected chi connectivity index (χ2v) is 8.35. The van der Waals surface area contributed by atoms with Crippen LogP contribution in [0.5, 0.6) is 5.75 Å². The second-order valence-electron chi connectivity index (χ2n) is 8.35. The number of phenolic OH excluding ortho intramolecular Hbond substituents is 1. The molecule has 0 aliphatic carbocycles. The summed E-state index contributed by atoms with van der Waals surface area (Å²) in [5.41, 5.74) is 1.64. The van der Waals surface area contributed by atoms with E-state index in [9.17, 15) is 14.7 Å². The van der Waals surface area contributed by atoms with Crippen molar-refractivity contribution in [3.63, 3.8) is 0 Å². The van der Waals surface area contributed by atoms with Gasteiger partial charge >= 0.3 is 5.97 Å². The van der Waals surface area contributed by atoms with Crippen LogP contribution in [0.2, 0.25) is 0 Å². The van der Waals surface area contributed by atoms with Gasteiger partial charge in [-0.3, -0.25) is 4.79 Å². The summed E-state index contributed by atoms with van der Waals surface area (Å²) in [7, 11) is 0. The van der Waals surface area contributed by atoms with Gasteiger partial charge in [-0.1, -0.05) is 54.4 Å². The normalized spacial score (nSPS) is 12.4. The van der Waals surface area contributed by atoms with E-state index in [1.54, 1.807) is 12.1 Å². The van der Waals surface area contributed by atoms with Gasteiger partial charge in [0.2, 0.25) is 5.91 Å². The van der Waals surface area contributed by atoms with Crippen LogP contribution in [0.4, 0.5) is 5.69 Å². The van der Waals surface area contributed by atoms with Crippen molar-refractivity contribution in [3.05, 3.63) is 35.4 Å². The molecule has 0 aromatic heterocycles. The third kappa shape index (κ3) is 6.12. The van der Waals surface area contributed by atoms with E-state index >= 15 is 0 Å². The van der Waals surface area contributed by atoms with E-state index in [1.165, 1.54) is 0 Å². The third-order valence-corrected chi connectivity index (χ3v) is 4.96. The van der Waals surface area contributed by atoms with Crippen molar-refractivity contribution in [2.75, 3.05) is 5.32 Å². The fraction of sp³-hybridized carbons (Fsp3) is 0.545. The Kier molecular flexibility index (Phi) is 7.64. The van der Waals surface area contributed by atoms with Crippen molar-refractivity contribution < 1.29 is 19.8 Å². The van der Waals surface area contributed by atoms with Crippen molar-refractivity contribution in [1.29, 1.82) is 0 Å². The van der Waals surface area contributed by atoms with E-state index in [2.05, 4.69) is 46.9 Å². The van der Waals surface area contributed by atoms with Crippen molar-refractivity contribution >= 4 is 17.6 Å². The number of benzene rings is 1. The third-order valence-electron chi connectivity index (χ3n) is 4.96. The summed E-state index contributed by atoms with van der Waals surface area (Å²) < 4.78 is 0. The van der Waals surface area contributed by atoms with Crippen molar-refractivity contribution in [3.8, 4) is 5.75 Å². The number of carboxylic acid groups (broad SMARTS) is 1. The first-order valence-electron chi connectivity index (χ1n) is 9.54. The first-order chi connectivity index (χ1) is 12.4. The average molecular weight is 376 g/mol. The Labute approximate surface area is 162 Å². The molecule has 1 aromatic carbocycles. The number of rotatable bonds is 9. The SMILES string of the molecule is CCCC(C)(C)c1cc(NC(=O)C=CC(=O)O)cc(C(C)(C)CCC)c1O. The van der Waals surface area contributed by atoms with E-state index in [4.69, 9.17) is 5.11 Å². The zero-order chi connectivity index (χ0) is 20.8. The van der Waals surface area contributed by atoms with Gasteiger partial charge in [-0.25, -0.2) is 4.79 Å². The van der Waals surface area contributed by atoms with Crippen LogP contribution in [0.1, 0.15) is 78.4 Å². The highest BCUT2D eigenvalue weighted by molar-refractivity contribution is 6.02. The molecule has 1 amide bonds. The van der Waals surface area contributed by atoms with E-state index in [1.807, 2.05) is 0 Å². The summed E-state index contributed by atoms with van der Waals surface area (Å²) in [5, 5.41) is 22.5. The summed E-state index contributed by atoms with van der Waals surface area (Å²) in [5.74, 6) is -1.40. The maximum atomic E-state index is 12.1. The molecule has 0 saturated carbocycles. The number of carbonyl (C=O) groups excluding carboxylic acids is 1. The van der Waals surface area contributed by atoms with E-state index in [0.717, 1.165) is 49.0 Å². The molecule has 3 N–H and O–H groups in total. The number of aromatic hydroxyl groups is 1. The molecule has 27 heavy (non-hydrogen) atoms. The van der Waals surface area contributed by atoms with Crippen LogP contribution in [0.25, 0.3) is 0 Å². The number of hydrogen-bond acceptors (Lipinski definition) is 3. The molecule has 0 atom stereocenters. The Morgan fingerprint density at radius 3 is 1.78 bits per heavy atom. The van der Waals surface area contributed by atoms with Crippen LogP contribution in [-0.2, 0) is 20.4 Å². The molecule has 1 rings (SSSR count). The van der Waals surface area contributed by atoms with Crippen LogP contribution in [0.15, 0.2) is 24.3 Å². The van der Waals surface area contributed by atoms with Crippen LogP contribution < -0.4 is 5.32 Å². The number of nitrogens with one attached hydrogen (secondary N) is 1. The Morgan fingerprint density at radius 1 is 0.963 bits per heavy atom. The quantitative estimate of drug-likeness (QED) is 0.413. The molecule has 0 aliphatic rings. The van der Waals surface area contributed by atoms with Gasteiger partial charge in [0, 0.05) is 29.0 Å². The van der Waals surface area contributed by atoms with Gasteiger partial charge < -0.3 is 15.5 Å². The van der Waals surface area contributed by atoms with Gasteiger partial charge in [0.05, 0.1) is 0 Å². The van der Waals surface area contributed by atoms with Gasteiger partial charge in [-0.2, -0.15) is 0 Å². The lowest BCUT2D eigenvalue weighted by atomic mass is 9.74. The highest BCUT2D eigenvalue weighted by Gasteiger charge is 2.30. The second kappa shape index (κ2) is 9.07. The Hall–Kier alpha value is -2.30. The molecule has 0 fully saturated rings. The van der Waals surface area contributed by atoms with Crippen molar-refractivity contribution in [1.82, 2.24) is 0 Å². The number of aliphatic carboxylic acids is 1. The standard InChI is InChI=1S/C22H33NO4/c1-7-11-21(3,4)16-13-15(23-18(24)9-10-19(25)26)14-17(20(16)27)22(5,6)12-8-2/h9-10,13-14,27H,7-8,11-12H2,1-6H3,(H,23,24)(H,25,26). The topological polar surface area (TPSA) is 86.6 Å². The number of amides is 1. The van der Waals surface area contributed by atoms with E-state index in [0.29, 0.717) is 5.69 Å². The lowest BCUT2D eigenvalue weighted by Crippen LogP contribution is -2.23. The first kappa shape index (κ1) is 22.7. The van der Waals surface area contributed by atoms with Crippen molar-refractivity contribution in [2.24, 2.45) is 0 Å². The molecule has 0 heterocycles. The summed E-state index contributed by atoms with van der Waals surface area (Å²) >= 11 is 0. The van der Waals surface area contributed by atoms with Gasteiger partial charge in [0.15, 0.2) is 0 Å². The maximum absolute atomic E-state index is 12.1. The van der Waals surface area contributed by atoms with Gasteiger partial charge in [-0.05, 0) is 35.8 Å². The fourth-order valence-corrected chi connectivity index (χ4v) is 3.59. The number of carbonyl (C=O) groups is 2. The zero-order valence-electron chi connectivity index (χ0n) is 17.3. The van der Waals surface area contributed by atoms with Crippen molar-refractivity contribution in [2.45, 2.75) is 78.1 Å². The Morgan fingerprint density at radius 2 is 1.41 bits per heavy atom. The van der Waals surface area contributed by atoms with Gasteiger partial charge in [0.1, 0.15) is 5.75 Å². The lowest BCUT2D eigenvalue weighted by Gasteiger charge is -2.32. The summed E-state index contributed by atoms with van der Waals surface area (Å²) in [6, 6.07) is 3.59. The maximum Gasteiger partial charge on any atom is 0.328 e. The van der Waals surface area contributed by atoms with Crippen LogP contribution in [0, 0.1) is 0 Å². The minimum absolute atomic E-state index is 0.256. The molecule has 5 heteroatoms. The first-order valence-corrected chi connectivity index (χ1v) is 9.54. The lowest BCUT2D eigenvalue weighted by molar-refractivity contribution is -0.131. The highest BCUT2D eigenvalue weighted by Crippen LogP contribution is 2.44. The number of phenols is 1. The molecule has 0 unspecified atom stereocenters. The van der Waals surface area contributed by atoms with Gasteiger partial charge in [0.25, 0.3) is 0 Å². The monoisotopic (exact) mass is 375 g/mol. The molecule has 1 aromatic rings. The van der Waals surface area contributed by atoms with Gasteiger partial charge in [-0.15, -0.1) is 0 Å². The predicted molar refractivity (Wildman–Crippen MR) is 109 cm³/mol. The fourth-order valence-electron chi connectivity index (χ4n) is 3.59. The smallest absolute Gasteiger partial charge is 0.328 e. The molecule has 0 radical (unpaired) electrons. The molecular weight excluding hydrogens is 342 g/mol. The summed E-state index contributed by atoms with van der Waals surface area (Å²) in [6.45, 7) is 12.5. The molecule has 0 spiro atoms. The van der Waals surface area contributed by atoms with E-state index < -0.39 is 11.9 Å². The molecule has 5 nitrogen and oxygen atoms in total. The average Bonchev–Trinajstić information content (AvgIpc) is 2.54. The van der Waals surface area contributed by atoms with Crippen LogP contribution in [-0.4, -0.2) is 22.1 Å². The number of carboxylic acids is 1. The summed E-state index contributed by atoms with van der Waals surface area (Å²) in [4.78, 5) is 22.7.